The lowest BCUT2D eigenvalue weighted by Gasteiger charge is -2.60. The molecule has 108 valence electrons. The van der Waals surface area contributed by atoms with Crippen LogP contribution in [0, 0.1) is 22.0 Å². The second kappa shape index (κ2) is 3.57. The van der Waals surface area contributed by atoms with Gasteiger partial charge in [-0.1, -0.05) is 6.92 Å². The normalized spacial score (nSPS) is 46.0. The van der Waals surface area contributed by atoms with E-state index in [-0.39, 0.29) is 0 Å². The molecule has 1 aromatic heterocycles. The molecule has 4 heteroatoms. The van der Waals surface area contributed by atoms with Crippen LogP contribution in [0.5, 0.6) is 0 Å². The molecule has 5 aliphatic carbocycles. The smallest absolute Gasteiger partial charge is 0.195 e. The Morgan fingerprint density at radius 2 is 1.90 bits per heavy atom. The molecule has 4 bridgehead atoms. The van der Waals surface area contributed by atoms with Gasteiger partial charge in [0.05, 0.1) is 0 Å². The number of aromatic nitrogens is 3. The van der Waals surface area contributed by atoms with E-state index < -0.39 is 0 Å². The van der Waals surface area contributed by atoms with Gasteiger partial charge in [-0.3, -0.25) is 5.10 Å². The highest BCUT2D eigenvalue weighted by Crippen LogP contribution is 2.65. The molecule has 0 spiro atoms. The lowest BCUT2D eigenvalue weighted by Crippen LogP contribution is -2.53. The Balaban J connectivity index is 1.65. The van der Waals surface area contributed by atoms with Crippen molar-refractivity contribution in [2.75, 3.05) is 0 Å². The molecule has 3 nitrogen and oxygen atoms in total. The zero-order valence-electron chi connectivity index (χ0n) is 12.2. The van der Waals surface area contributed by atoms with Crippen molar-refractivity contribution in [1.29, 1.82) is 0 Å². The second-order valence-corrected chi connectivity index (χ2v) is 8.89. The Morgan fingerprint density at radius 3 is 2.50 bits per heavy atom. The largest absolute Gasteiger partial charge is 0.301 e. The first kappa shape index (κ1) is 12.0. The average Bonchev–Trinajstić information content (AvgIpc) is 3.09. The number of nitrogens with one attached hydrogen (secondary N) is 1. The van der Waals surface area contributed by atoms with E-state index in [4.69, 9.17) is 17.3 Å². The van der Waals surface area contributed by atoms with Gasteiger partial charge in [0.25, 0.3) is 0 Å². The number of H-pyrrole nitrogens is 1. The summed E-state index contributed by atoms with van der Waals surface area (Å²) in [6.07, 6.45) is 11.1. The molecular formula is C16H23N3S. The van der Waals surface area contributed by atoms with Crippen molar-refractivity contribution >= 4 is 12.2 Å². The molecule has 1 aromatic rings. The quantitative estimate of drug-likeness (QED) is 0.830. The first-order chi connectivity index (χ1) is 9.57. The predicted octanol–water partition coefficient (Wildman–Crippen LogP) is 4.13. The molecule has 0 saturated heterocycles. The van der Waals surface area contributed by atoms with Crippen LogP contribution in [-0.4, -0.2) is 14.8 Å². The topological polar surface area (TPSA) is 33.6 Å². The second-order valence-electron chi connectivity index (χ2n) is 8.51. The number of rotatable bonds is 2. The maximum Gasteiger partial charge on any atom is 0.195 e. The average molecular weight is 289 g/mol. The van der Waals surface area contributed by atoms with Crippen LogP contribution in [-0.2, 0) is 5.41 Å². The summed E-state index contributed by atoms with van der Waals surface area (Å²) >= 11 is 5.52. The lowest BCUT2D eigenvalue weighted by atomic mass is 9.44. The third-order valence-corrected chi connectivity index (χ3v) is 6.73. The van der Waals surface area contributed by atoms with Crippen molar-refractivity contribution in [2.45, 2.75) is 69.7 Å². The zero-order chi connectivity index (χ0) is 13.5. The van der Waals surface area contributed by atoms with Crippen molar-refractivity contribution in [3.8, 4) is 0 Å². The highest BCUT2D eigenvalue weighted by atomic mass is 32.1. The summed E-state index contributed by atoms with van der Waals surface area (Å²) in [5, 5.41) is 7.86. The van der Waals surface area contributed by atoms with E-state index in [1.807, 2.05) is 0 Å². The molecule has 0 aliphatic heterocycles. The van der Waals surface area contributed by atoms with Gasteiger partial charge < -0.3 is 4.57 Å². The van der Waals surface area contributed by atoms with Gasteiger partial charge in [-0.2, -0.15) is 5.10 Å². The number of aromatic amines is 1. The summed E-state index contributed by atoms with van der Waals surface area (Å²) in [5.41, 5.74) is 0.918. The molecule has 0 aromatic carbocycles. The van der Waals surface area contributed by atoms with Gasteiger partial charge >= 0.3 is 0 Å². The maximum absolute atomic E-state index is 5.52. The van der Waals surface area contributed by atoms with Crippen LogP contribution in [0.3, 0.4) is 0 Å². The van der Waals surface area contributed by atoms with Crippen LogP contribution in [0.15, 0.2) is 0 Å². The third kappa shape index (κ3) is 1.52. The van der Waals surface area contributed by atoms with E-state index in [9.17, 15) is 0 Å². The van der Waals surface area contributed by atoms with Gasteiger partial charge in [0.15, 0.2) is 4.77 Å². The Morgan fingerprint density at radius 1 is 1.20 bits per heavy atom. The minimum absolute atomic E-state index is 0.342. The fourth-order valence-electron chi connectivity index (χ4n) is 6.33. The summed E-state index contributed by atoms with van der Waals surface area (Å²) in [4.78, 5) is 0. The predicted molar refractivity (Wildman–Crippen MR) is 80.1 cm³/mol. The highest BCUT2D eigenvalue weighted by molar-refractivity contribution is 7.71. The minimum atomic E-state index is 0.342. The molecule has 5 aliphatic rings. The van der Waals surface area contributed by atoms with Crippen LogP contribution in [0.2, 0.25) is 0 Å². The monoisotopic (exact) mass is 289 g/mol. The molecule has 0 radical (unpaired) electrons. The van der Waals surface area contributed by atoms with Crippen molar-refractivity contribution in [3.63, 3.8) is 0 Å². The fraction of sp³-hybridized carbons (Fsp3) is 0.875. The van der Waals surface area contributed by atoms with E-state index in [1.165, 1.54) is 57.2 Å². The summed E-state index contributed by atoms with van der Waals surface area (Å²) in [6.45, 7) is 2.53. The van der Waals surface area contributed by atoms with Gasteiger partial charge in [-0.15, -0.1) is 0 Å². The molecule has 2 atom stereocenters. The molecule has 20 heavy (non-hydrogen) atoms. The first-order valence-corrected chi connectivity index (χ1v) is 8.65. The molecule has 5 fully saturated rings. The molecular weight excluding hydrogens is 266 g/mol. The molecule has 1 heterocycles. The summed E-state index contributed by atoms with van der Waals surface area (Å²) < 4.78 is 3.26. The summed E-state index contributed by atoms with van der Waals surface area (Å²) in [5.74, 6) is 3.21. The molecule has 6 rings (SSSR count). The van der Waals surface area contributed by atoms with E-state index >= 15 is 0 Å². The minimum Gasteiger partial charge on any atom is -0.301 e. The van der Waals surface area contributed by atoms with Crippen molar-refractivity contribution in [2.24, 2.45) is 17.3 Å². The molecule has 5 saturated carbocycles. The number of hydrogen-bond donors (Lipinski definition) is 1. The van der Waals surface area contributed by atoms with Crippen LogP contribution in [0.25, 0.3) is 0 Å². The van der Waals surface area contributed by atoms with E-state index in [1.54, 1.807) is 0 Å². The molecule has 0 amide bonds. The fourth-order valence-corrected chi connectivity index (χ4v) is 6.61. The van der Waals surface area contributed by atoms with Gasteiger partial charge in [-0.25, -0.2) is 0 Å². The molecule has 1 N–H and O–H groups in total. The van der Waals surface area contributed by atoms with Gasteiger partial charge in [0.2, 0.25) is 0 Å². The van der Waals surface area contributed by atoms with Gasteiger partial charge in [0.1, 0.15) is 5.82 Å². The standard InChI is InChI=1S/C16H23N3S/c1-15-5-10-4-11(6-15)8-16(7-10,9-15)13-17-18-14(20)19(13)12-2-3-12/h10-12H,2-9H2,1H3,(H,18,20). The lowest BCUT2D eigenvalue weighted by molar-refractivity contribution is -0.0661. The zero-order valence-corrected chi connectivity index (χ0v) is 13.0. The molecule has 2 unspecified atom stereocenters. The van der Waals surface area contributed by atoms with Gasteiger partial charge in [-0.05, 0) is 80.8 Å². The van der Waals surface area contributed by atoms with Crippen molar-refractivity contribution in [1.82, 2.24) is 14.8 Å². The third-order valence-electron chi connectivity index (χ3n) is 6.44. The summed E-state index contributed by atoms with van der Waals surface area (Å²) in [6, 6.07) is 0.650. The SMILES string of the molecule is CC12CC3CC(C1)CC(c1n[nH]c(=S)n1C1CC1)(C3)C2. The Hall–Kier alpha value is -0.640. The Bertz CT molecular complexity index is 610. The first-order valence-electron chi connectivity index (χ1n) is 8.24. The van der Waals surface area contributed by atoms with E-state index in [2.05, 4.69) is 16.6 Å². The highest BCUT2D eigenvalue weighted by Gasteiger charge is 2.58. The van der Waals surface area contributed by atoms with Crippen molar-refractivity contribution in [3.05, 3.63) is 10.6 Å². The van der Waals surface area contributed by atoms with E-state index in [0.717, 1.165) is 16.6 Å². The van der Waals surface area contributed by atoms with Crippen LogP contribution in [0.1, 0.15) is 70.2 Å². The van der Waals surface area contributed by atoms with Gasteiger partial charge in [0, 0.05) is 11.5 Å². The van der Waals surface area contributed by atoms with Crippen LogP contribution >= 0.6 is 12.2 Å². The number of hydrogen-bond acceptors (Lipinski definition) is 2. The maximum atomic E-state index is 5.52. The number of nitrogens with zero attached hydrogens (tertiary/aromatic N) is 2. The summed E-state index contributed by atoms with van der Waals surface area (Å²) in [7, 11) is 0. The Kier molecular flexibility index (Phi) is 2.14. The van der Waals surface area contributed by atoms with Crippen LogP contribution < -0.4 is 0 Å². The van der Waals surface area contributed by atoms with Crippen molar-refractivity contribution < 1.29 is 0 Å². The Labute approximate surface area is 125 Å². The van der Waals surface area contributed by atoms with E-state index in [0.29, 0.717) is 16.9 Å². The van der Waals surface area contributed by atoms with Crippen LogP contribution in [0.4, 0.5) is 0 Å².